The first-order valence-electron chi connectivity index (χ1n) is 9.56. The first-order chi connectivity index (χ1) is 13.3. The molecule has 8 heteroatoms. The van der Waals surface area contributed by atoms with Crippen LogP contribution in [0.4, 0.5) is 4.79 Å². The standard InChI is InChI=1S/C21H32N2O6/c1-7-14(13-11-9-8-10-12-13)16(24)21(5,6)17(25)15(18(26)27)22-23-19(28)29-20(2,3)4/h8-12,14-15,17,22,25H,7H2,1-6H3,(H,23,28)(H,26,27). The van der Waals surface area contributed by atoms with Crippen molar-refractivity contribution in [1.82, 2.24) is 10.9 Å². The van der Waals surface area contributed by atoms with Crippen LogP contribution in [-0.2, 0) is 14.3 Å². The second-order valence-electron chi connectivity index (χ2n) is 8.49. The lowest BCUT2D eigenvalue weighted by molar-refractivity contribution is -0.149. The maximum Gasteiger partial charge on any atom is 0.422 e. The van der Waals surface area contributed by atoms with E-state index >= 15 is 0 Å². The second kappa shape index (κ2) is 9.84. The molecule has 0 saturated carbocycles. The van der Waals surface area contributed by atoms with Gasteiger partial charge in [-0.3, -0.25) is 15.0 Å². The SMILES string of the molecule is CCC(C(=O)C(C)(C)C(O)C(NNC(=O)OC(C)(C)C)C(=O)O)c1ccccc1. The van der Waals surface area contributed by atoms with Crippen LogP contribution in [0.5, 0.6) is 0 Å². The monoisotopic (exact) mass is 408 g/mol. The average Bonchev–Trinajstić information content (AvgIpc) is 2.61. The lowest BCUT2D eigenvalue weighted by Crippen LogP contribution is -2.59. The van der Waals surface area contributed by atoms with E-state index in [9.17, 15) is 24.6 Å². The fourth-order valence-corrected chi connectivity index (χ4v) is 2.99. The molecule has 29 heavy (non-hydrogen) atoms. The van der Waals surface area contributed by atoms with E-state index in [1.807, 2.05) is 37.3 Å². The fourth-order valence-electron chi connectivity index (χ4n) is 2.99. The highest BCUT2D eigenvalue weighted by atomic mass is 16.6. The summed E-state index contributed by atoms with van der Waals surface area (Å²) < 4.78 is 5.04. The number of aliphatic carboxylic acids is 1. The summed E-state index contributed by atoms with van der Waals surface area (Å²) in [6.45, 7) is 9.83. The van der Waals surface area contributed by atoms with Gasteiger partial charge >= 0.3 is 12.1 Å². The summed E-state index contributed by atoms with van der Waals surface area (Å²) in [6, 6.07) is 7.52. The molecule has 1 rings (SSSR count). The Hall–Kier alpha value is -2.45. The molecule has 0 aromatic heterocycles. The Bertz CT molecular complexity index is 712. The molecule has 1 aromatic rings. The summed E-state index contributed by atoms with van der Waals surface area (Å²) >= 11 is 0. The third-order valence-electron chi connectivity index (χ3n) is 4.61. The Morgan fingerprint density at radius 1 is 1.07 bits per heavy atom. The first kappa shape index (κ1) is 24.6. The number of amides is 1. The lowest BCUT2D eigenvalue weighted by atomic mass is 9.72. The number of carboxylic acid groups (broad SMARTS) is 1. The summed E-state index contributed by atoms with van der Waals surface area (Å²) in [4.78, 5) is 36.7. The molecule has 0 fully saturated rings. The van der Waals surface area contributed by atoms with Crippen LogP contribution in [0.15, 0.2) is 30.3 Å². The number of benzene rings is 1. The molecule has 3 unspecified atom stereocenters. The quantitative estimate of drug-likeness (QED) is 0.463. The lowest BCUT2D eigenvalue weighted by Gasteiger charge is -2.35. The zero-order chi connectivity index (χ0) is 22.4. The minimum atomic E-state index is -1.62. The Morgan fingerprint density at radius 2 is 1.62 bits per heavy atom. The van der Waals surface area contributed by atoms with E-state index in [0.29, 0.717) is 6.42 Å². The minimum absolute atomic E-state index is 0.288. The molecule has 0 spiro atoms. The minimum Gasteiger partial charge on any atom is -0.480 e. The smallest absolute Gasteiger partial charge is 0.422 e. The number of ketones is 1. The number of hydrogen-bond donors (Lipinski definition) is 4. The Kier molecular flexibility index (Phi) is 8.35. The van der Waals surface area contributed by atoms with Gasteiger partial charge in [0.25, 0.3) is 0 Å². The number of aliphatic hydroxyl groups excluding tert-OH is 1. The normalized spacial score (nSPS) is 15.1. The maximum atomic E-state index is 13.2. The molecular formula is C21H32N2O6. The van der Waals surface area contributed by atoms with Crippen LogP contribution < -0.4 is 10.9 Å². The summed E-state index contributed by atoms with van der Waals surface area (Å²) in [5.41, 5.74) is 3.02. The largest absolute Gasteiger partial charge is 0.480 e. The molecule has 0 radical (unpaired) electrons. The molecule has 4 N–H and O–H groups in total. The van der Waals surface area contributed by atoms with Gasteiger partial charge in [0.15, 0.2) is 6.04 Å². The van der Waals surface area contributed by atoms with Crippen molar-refractivity contribution in [2.75, 3.05) is 0 Å². The van der Waals surface area contributed by atoms with Crippen LogP contribution in [0.3, 0.4) is 0 Å². The van der Waals surface area contributed by atoms with E-state index in [-0.39, 0.29) is 5.78 Å². The van der Waals surface area contributed by atoms with Crippen molar-refractivity contribution >= 4 is 17.8 Å². The van der Waals surface area contributed by atoms with Crippen molar-refractivity contribution in [2.45, 2.75) is 71.6 Å². The molecule has 3 atom stereocenters. The van der Waals surface area contributed by atoms with Gasteiger partial charge in [-0.15, -0.1) is 0 Å². The van der Waals surface area contributed by atoms with Crippen LogP contribution in [0.1, 0.15) is 59.4 Å². The number of nitrogens with one attached hydrogen (secondary N) is 2. The van der Waals surface area contributed by atoms with E-state index in [4.69, 9.17) is 4.74 Å². The third kappa shape index (κ3) is 6.83. The summed E-state index contributed by atoms with van der Waals surface area (Å²) in [6.07, 6.45) is -2.00. The zero-order valence-electron chi connectivity index (χ0n) is 17.9. The molecule has 1 aromatic carbocycles. The topological polar surface area (TPSA) is 125 Å². The van der Waals surface area contributed by atoms with E-state index in [1.165, 1.54) is 13.8 Å². The maximum absolute atomic E-state index is 13.2. The second-order valence-corrected chi connectivity index (χ2v) is 8.49. The van der Waals surface area contributed by atoms with Gasteiger partial charge in [-0.25, -0.2) is 10.2 Å². The number of rotatable bonds is 9. The highest BCUT2D eigenvalue weighted by molar-refractivity contribution is 5.92. The number of Topliss-reactive ketones (excluding diaryl/α,β-unsaturated/α-hetero) is 1. The van der Waals surface area contributed by atoms with Gasteiger partial charge in [-0.2, -0.15) is 0 Å². The van der Waals surface area contributed by atoms with Gasteiger partial charge in [0, 0.05) is 5.92 Å². The molecule has 0 aliphatic carbocycles. The Morgan fingerprint density at radius 3 is 2.07 bits per heavy atom. The van der Waals surface area contributed by atoms with E-state index < -0.39 is 41.1 Å². The van der Waals surface area contributed by atoms with Gasteiger partial charge in [-0.05, 0) is 32.8 Å². The van der Waals surface area contributed by atoms with Gasteiger partial charge in [-0.1, -0.05) is 51.1 Å². The molecule has 162 valence electrons. The molecule has 0 saturated heterocycles. The number of hydrogen-bond acceptors (Lipinski definition) is 6. The summed E-state index contributed by atoms with van der Waals surface area (Å²) in [5, 5.41) is 20.3. The molecular weight excluding hydrogens is 376 g/mol. The van der Waals surface area contributed by atoms with Crippen molar-refractivity contribution in [2.24, 2.45) is 5.41 Å². The number of ether oxygens (including phenoxy) is 1. The van der Waals surface area contributed by atoms with Crippen molar-refractivity contribution in [3.63, 3.8) is 0 Å². The van der Waals surface area contributed by atoms with Gasteiger partial charge in [0.05, 0.1) is 11.5 Å². The van der Waals surface area contributed by atoms with E-state index in [2.05, 4.69) is 10.9 Å². The van der Waals surface area contributed by atoms with Crippen molar-refractivity contribution in [1.29, 1.82) is 0 Å². The Labute approximate surface area is 171 Å². The van der Waals surface area contributed by atoms with Crippen LogP contribution in [0.2, 0.25) is 0 Å². The predicted octanol–water partition coefficient (Wildman–Crippen LogP) is 2.62. The number of aliphatic hydroxyl groups is 1. The summed E-state index contributed by atoms with van der Waals surface area (Å²) in [7, 11) is 0. The fraction of sp³-hybridized carbons (Fsp3) is 0.571. The van der Waals surface area contributed by atoms with Gasteiger partial charge in [0.1, 0.15) is 11.4 Å². The van der Waals surface area contributed by atoms with Crippen LogP contribution in [0.25, 0.3) is 0 Å². The highest BCUT2D eigenvalue weighted by Gasteiger charge is 2.45. The number of hydrazine groups is 1. The average molecular weight is 408 g/mol. The molecule has 8 nitrogen and oxygen atoms in total. The van der Waals surface area contributed by atoms with Gasteiger partial charge < -0.3 is 14.9 Å². The Balaban J connectivity index is 2.99. The van der Waals surface area contributed by atoms with Crippen molar-refractivity contribution < 1.29 is 29.3 Å². The summed E-state index contributed by atoms with van der Waals surface area (Å²) in [5.74, 6) is -2.19. The zero-order valence-corrected chi connectivity index (χ0v) is 17.9. The van der Waals surface area contributed by atoms with Crippen LogP contribution in [-0.4, -0.2) is 45.8 Å². The molecule has 1 amide bonds. The van der Waals surface area contributed by atoms with Crippen molar-refractivity contribution in [3.8, 4) is 0 Å². The highest BCUT2D eigenvalue weighted by Crippen LogP contribution is 2.34. The molecule has 0 aliphatic rings. The van der Waals surface area contributed by atoms with Crippen LogP contribution >= 0.6 is 0 Å². The predicted molar refractivity (Wildman–Crippen MR) is 108 cm³/mol. The number of carbonyl (C=O) groups excluding carboxylic acids is 2. The van der Waals surface area contributed by atoms with Crippen molar-refractivity contribution in [3.05, 3.63) is 35.9 Å². The molecule has 0 aliphatic heterocycles. The van der Waals surface area contributed by atoms with Crippen LogP contribution in [0, 0.1) is 5.41 Å². The molecule has 0 bridgehead atoms. The third-order valence-corrected chi connectivity index (χ3v) is 4.61. The number of carbonyl (C=O) groups is 3. The van der Waals surface area contributed by atoms with Gasteiger partial charge in [0.2, 0.25) is 0 Å². The molecule has 0 heterocycles. The van der Waals surface area contributed by atoms with E-state index in [0.717, 1.165) is 5.56 Å². The first-order valence-corrected chi connectivity index (χ1v) is 9.56. The van der Waals surface area contributed by atoms with E-state index in [1.54, 1.807) is 20.8 Å². The number of carboxylic acids is 1.